The van der Waals surface area contributed by atoms with Crippen LogP contribution in [-0.2, 0) is 14.3 Å². The van der Waals surface area contributed by atoms with E-state index in [1.165, 1.54) is 6.92 Å². The second-order valence-corrected chi connectivity index (χ2v) is 6.73. The Morgan fingerprint density at radius 3 is 2.54 bits per heavy atom. The first-order valence-electron chi connectivity index (χ1n) is 8.63. The van der Waals surface area contributed by atoms with E-state index in [1.807, 2.05) is 30.3 Å². The molecule has 138 valence electrons. The lowest BCUT2D eigenvalue weighted by molar-refractivity contribution is -0.132. The van der Waals surface area contributed by atoms with Gasteiger partial charge in [0.2, 0.25) is 0 Å². The van der Waals surface area contributed by atoms with Crippen LogP contribution in [0, 0.1) is 0 Å². The second-order valence-electron chi connectivity index (χ2n) is 6.30. The first-order chi connectivity index (χ1) is 13.5. The van der Waals surface area contributed by atoms with E-state index in [-0.39, 0.29) is 0 Å². The SMILES string of the molecule is CC(=O)Oc1ccc2ccccc2c1/C=C1/C=C(c2ccc(Cl)cc2)OC1=O. The molecule has 0 saturated heterocycles. The molecule has 1 aliphatic rings. The van der Waals surface area contributed by atoms with Crippen LogP contribution < -0.4 is 4.74 Å². The van der Waals surface area contributed by atoms with Crippen LogP contribution in [0.3, 0.4) is 0 Å². The normalized spacial score (nSPS) is 14.9. The van der Waals surface area contributed by atoms with Crippen LogP contribution in [0.15, 0.2) is 72.3 Å². The molecule has 0 amide bonds. The van der Waals surface area contributed by atoms with Crippen molar-refractivity contribution in [2.75, 3.05) is 0 Å². The highest BCUT2D eigenvalue weighted by molar-refractivity contribution is 6.30. The van der Waals surface area contributed by atoms with Crippen LogP contribution in [0.4, 0.5) is 0 Å². The second kappa shape index (κ2) is 7.33. The van der Waals surface area contributed by atoms with Crippen molar-refractivity contribution in [3.8, 4) is 5.75 Å². The first kappa shape index (κ1) is 18.0. The van der Waals surface area contributed by atoms with E-state index in [9.17, 15) is 9.59 Å². The third kappa shape index (κ3) is 3.55. The third-order valence-corrected chi connectivity index (χ3v) is 4.59. The predicted octanol–water partition coefficient (Wildman–Crippen LogP) is 5.40. The number of rotatable bonds is 3. The van der Waals surface area contributed by atoms with Crippen LogP contribution in [0.1, 0.15) is 18.1 Å². The summed E-state index contributed by atoms with van der Waals surface area (Å²) < 4.78 is 10.8. The number of esters is 2. The van der Waals surface area contributed by atoms with E-state index in [2.05, 4.69) is 0 Å². The number of carbonyl (C=O) groups is 2. The minimum atomic E-state index is -0.466. The van der Waals surface area contributed by atoms with Gasteiger partial charge in [-0.3, -0.25) is 4.79 Å². The smallest absolute Gasteiger partial charge is 0.343 e. The van der Waals surface area contributed by atoms with E-state index < -0.39 is 11.9 Å². The summed E-state index contributed by atoms with van der Waals surface area (Å²) in [4.78, 5) is 23.9. The maximum Gasteiger partial charge on any atom is 0.343 e. The summed E-state index contributed by atoms with van der Waals surface area (Å²) in [6.07, 6.45) is 3.36. The zero-order valence-corrected chi connectivity index (χ0v) is 15.7. The van der Waals surface area contributed by atoms with Crippen LogP contribution in [0.25, 0.3) is 22.6 Å². The quantitative estimate of drug-likeness (QED) is 0.341. The topological polar surface area (TPSA) is 52.6 Å². The lowest BCUT2D eigenvalue weighted by atomic mass is 10.0. The van der Waals surface area contributed by atoms with Crippen molar-refractivity contribution in [2.24, 2.45) is 0 Å². The van der Waals surface area contributed by atoms with Crippen molar-refractivity contribution in [1.29, 1.82) is 0 Å². The fraction of sp³-hybridized carbons (Fsp3) is 0.0435. The summed E-state index contributed by atoms with van der Waals surface area (Å²) in [5.41, 5.74) is 1.77. The van der Waals surface area contributed by atoms with Crippen molar-refractivity contribution in [2.45, 2.75) is 6.92 Å². The Hall–Kier alpha value is -3.37. The van der Waals surface area contributed by atoms with E-state index >= 15 is 0 Å². The minimum Gasteiger partial charge on any atom is -0.426 e. The number of cyclic esters (lactones) is 1. The van der Waals surface area contributed by atoms with Crippen molar-refractivity contribution in [3.63, 3.8) is 0 Å². The van der Waals surface area contributed by atoms with Crippen molar-refractivity contribution < 1.29 is 19.1 Å². The molecule has 4 rings (SSSR count). The highest BCUT2D eigenvalue weighted by Crippen LogP contribution is 2.34. The number of fused-ring (bicyclic) bond motifs is 1. The minimum absolute atomic E-state index is 0.370. The van der Waals surface area contributed by atoms with Gasteiger partial charge in [-0.05, 0) is 53.3 Å². The molecular weight excluding hydrogens is 376 g/mol. The highest BCUT2D eigenvalue weighted by atomic mass is 35.5. The number of ether oxygens (including phenoxy) is 2. The van der Waals surface area contributed by atoms with Gasteiger partial charge in [0.25, 0.3) is 0 Å². The Morgan fingerprint density at radius 1 is 1.04 bits per heavy atom. The Bertz CT molecular complexity index is 1160. The molecule has 0 atom stereocenters. The number of benzene rings is 3. The van der Waals surface area contributed by atoms with Gasteiger partial charge in [-0.15, -0.1) is 0 Å². The lowest BCUT2D eigenvalue weighted by Crippen LogP contribution is -2.03. The molecule has 3 aromatic carbocycles. The summed E-state index contributed by atoms with van der Waals surface area (Å²) in [6.45, 7) is 1.34. The molecule has 0 spiro atoms. The maximum atomic E-state index is 12.4. The average Bonchev–Trinajstić information content (AvgIpc) is 3.04. The van der Waals surface area contributed by atoms with Gasteiger partial charge in [0.15, 0.2) is 0 Å². The van der Waals surface area contributed by atoms with Crippen molar-refractivity contribution in [3.05, 3.63) is 88.5 Å². The average molecular weight is 391 g/mol. The van der Waals surface area contributed by atoms with Crippen molar-refractivity contribution >= 4 is 46.1 Å². The summed E-state index contributed by atoms with van der Waals surface area (Å²) >= 11 is 5.92. The zero-order valence-electron chi connectivity index (χ0n) is 14.9. The molecule has 4 nitrogen and oxygen atoms in total. The van der Waals surface area contributed by atoms with E-state index in [0.717, 1.165) is 16.3 Å². The molecule has 0 aromatic heterocycles. The molecule has 1 heterocycles. The van der Waals surface area contributed by atoms with Crippen molar-refractivity contribution in [1.82, 2.24) is 0 Å². The Balaban J connectivity index is 1.83. The molecular formula is C23H15ClO4. The highest BCUT2D eigenvalue weighted by Gasteiger charge is 2.23. The molecule has 28 heavy (non-hydrogen) atoms. The van der Waals surface area contributed by atoms with E-state index in [4.69, 9.17) is 21.1 Å². The standard InChI is InChI=1S/C23H15ClO4/c1-14(25)27-21-11-8-15-4-2-3-5-19(15)20(21)12-17-13-22(28-23(17)26)16-6-9-18(24)10-7-16/h2-13H,1H3/b17-12-. The van der Waals surface area contributed by atoms with Gasteiger partial charge >= 0.3 is 11.9 Å². The van der Waals surface area contributed by atoms with Crippen LogP contribution >= 0.6 is 11.6 Å². The molecule has 5 heteroatoms. The number of halogens is 1. The molecule has 0 unspecified atom stereocenters. The predicted molar refractivity (Wildman–Crippen MR) is 109 cm³/mol. The van der Waals surface area contributed by atoms with Gasteiger partial charge in [-0.25, -0.2) is 4.79 Å². The molecule has 0 fully saturated rings. The Kier molecular flexibility index (Phi) is 4.72. The number of hydrogen-bond acceptors (Lipinski definition) is 4. The fourth-order valence-electron chi connectivity index (χ4n) is 3.07. The maximum absolute atomic E-state index is 12.4. The molecule has 1 aliphatic heterocycles. The summed E-state index contributed by atoms with van der Waals surface area (Å²) in [5, 5.41) is 2.44. The van der Waals surface area contributed by atoms with Crippen LogP contribution in [0.5, 0.6) is 5.75 Å². The fourth-order valence-corrected chi connectivity index (χ4v) is 3.20. The summed E-state index contributed by atoms with van der Waals surface area (Å²) in [7, 11) is 0. The monoisotopic (exact) mass is 390 g/mol. The molecule has 0 radical (unpaired) electrons. The van der Waals surface area contributed by atoms with Gasteiger partial charge in [0.1, 0.15) is 11.5 Å². The summed E-state index contributed by atoms with van der Waals surface area (Å²) in [5.74, 6) is -0.0602. The number of hydrogen-bond donors (Lipinski definition) is 0. The first-order valence-corrected chi connectivity index (χ1v) is 9.01. The largest absolute Gasteiger partial charge is 0.426 e. The third-order valence-electron chi connectivity index (χ3n) is 4.34. The van der Waals surface area contributed by atoms with Crippen LogP contribution in [-0.4, -0.2) is 11.9 Å². The molecule has 0 bridgehead atoms. The van der Waals surface area contributed by atoms with Gasteiger partial charge < -0.3 is 9.47 Å². The molecule has 3 aromatic rings. The Labute approximate surface area is 166 Å². The van der Waals surface area contributed by atoms with Gasteiger partial charge in [-0.2, -0.15) is 0 Å². The summed E-state index contributed by atoms with van der Waals surface area (Å²) in [6, 6.07) is 18.3. The lowest BCUT2D eigenvalue weighted by Gasteiger charge is -2.09. The van der Waals surface area contributed by atoms with Gasteiger partial charge in [0.05, 0.1) is 5.57 Å². The van der Waals surface area contributed by atoms with Gasteiger partial charge in [-0.1, -0.05) is 41.9 Å². The molecule has 0 saturated carbocycles. The molecule has 0 aliphatic carbocycles. The van der Waals surface area contributed by atoms with E-state index in [0.29, 0.717) is 27.7 Å². The van der Waals surface area contributed by atoms with Crippen LogP contribution in [0.2, 0.25) is 5.02 Å². The zero-order chi connectivity index (χ0) is 19.7. The van der Waals surface area contributed by atoms with E-state index in [1.54, 1.807) is 42.5 Å². The Morgan fingerprint density at radius 2 is 1.79 bits per heavy atom. The van der Waals surface area contributed by atoms with Gasteiger partial charge in [0, 0.05) is 23.1 Å². The number of carbonyl (C=O) groups excluding carboxylic acids is 2. The molecule has 0 N–H and O–H groups in total.